The van der Waals surface area contributed by atoms with Gasteiger partial charge in [-0.1, -0.05) is 30.3 Å². The third-order valence-corrected chi connectivity index (χ3v) is 4.23. The van der Waals surface area contributed by atoms with Gasteiger partial charge in [0, 0.05) is 24.7 Å². The molecule has 3 rings (SSSR count). The Bertz CT molecular complexity index is 521. The Morgan fingerprint density at radius 1 is 1.30 bits per heavy atom. The maximum Gasteiger partial charge on any atom is 0.336 e. The molecule has 0 N–H and O–H groups in total. The van der Waals surface area contributed by atoms with Gasteiger partial charge in [0.05, 0.1) is 12.2 Å². The van der Waals surface area contributed by atoms with Gasteiger partial charge >= 0.3 is 5.97 Å². The fourth-order valence-corrected chi connectivity index (χ4v) is 3.33. The topological polar surface area (TPSA) is 29.5 Å². The van der Waals surface area contributed by atoms with E-state index in [9.17, 15) is 4.79 Å². The molecule has 0 spiro atoms. The summed E-state index contributed by atoms with van der Waals surface area (Å²) in [5.74, 6) is 0.0455. The number of nitrogens with zero attached hydrogens (tertiary/aromatic N) is 1. The van der Waals surface area contributed by atoms with Gasteiger partial charge in [0.2, 0.25) is 0 Å². The van der Waals surface area contributed by atoms with E-state index in [1.807, 2.05) is 25.1 Å². The average Bonchev–Trinajstić information content (AvgIpc) is 2.88. The largest absolute Gasteiger partial charge is 0.463 e. The Hall–Kier alpha value is -1.77. The Morgan fingerprint density at radius 2 is 2.10 bits per heavy atom. The maximum atomic E-state index is 12.4. The standard InChI is InChI=1S/C17H21NO2/c1-2-20-17(19)16-14(13-8-4-3-5-9-13)12-18-11-7-6-10-15(16)18/h3-5,8-9,14H,2,6-7,10-12H2,1H3. The molecule has 1 aromatic carbocycles. The number of hydrogen-bond acceptors (Lipinski definition) is 3. The van der Waals surface area contributed by atoms with Crippen LogP contribution in [0.15, 0.2) is 41.6 Å². The Balaban J connectivity index is 1.98. The van der Waals surface area contributed by atoms with Crippen LogP contribution in [-0.4, -0.2) is 30.6 Å². The van der Waals surface area contributed by atoms with Crippen LogP contribution in [0.2, 0.25) is 0 Å². The molecule has 2 heterocycles. The van der Waals surface area contributed by atoms with E-state index in [0.29, 0.717) is 6.61 Å². The van der Waals surface area contributed by atoms with E-state index < -0.39 is 0 Å². The number of fused-ring (bicyclic) bond motifs is 1. The number of piperidine rings is 1. The molecule has 1 unspecified atom stereocenters. The molecule has 1 atom stereocenters. The van der Waals surface area contributed by atoms with Crippen LogP contribution in [0.25, 0.3) is 0 Å². The highest BCUT2D eigenvalue weighted by Crippen LogP contribution is 2.40. The average molecular weight is 271 g/mol. The second-order valence-corrected chi connectivity index (χ2v) is 5.45. The molecule has 106 valence electrons. The Labute approximate surface area is 120 Å². The summed E-state index contributed by atoms with van der Waals surface area (Å²) >= 11 is 0. The van der Waals surface area contributed by atoms with Gasteiger partial charge in [0.1, 0.15) is 0 Å². The minimum atomic E-state index is -0.124. The monoisotopic (exact) mass is 271 g/mol. The van der Waals surface area contributed by atoms with E-state index in [1.54, 1.807) is 0 Å². The molecular weight excluding hydrogens is 250 g/mol. The Morgan fingerprint density at radius 3 is 2.85 bits per heavy atom. The summed E-state index contributed by atoms with van der Waals surface area (Å²) in [6.45, 7) is 4.31. The highest BCUT2D eigenvalue weighted by atomic mass is 16.5. The van der Waals surface area contributed by atoms with Crippen molar-refractivity contribution in [2.24, 2.45) is 0 Å². The van der Waals surface area contributed by atoms with Gasteiger partial charge in [-0.15, -0.1) is 0 Å². The first-order chi connectivity index (χ1) is 9.81. The number of carbonyl (C=O) groups is 1. The minimum Gasteiger partial charge on any atom is -0.463 e. The smallest absolute Gasteiger partial charge is 0.336 e. The van der Waals surface area contributed by atoms with Crippen molar-refractivity contribution in [1.29, 1.82) is 0 Å². The van der Waals surface area contributed by atoms with Crippen LogP contribution in [0.3, 0.4) is 0 Å². The van der Waals surface area contributed by atoms with Crippen molar-refractivity contribution in [1.82, 2.24) is 4.90 Å². The molecule has 0 aromatic heterocycles. The van der Waals surface area contributed by atoms with Crippen molar-refractivity contribution in [3.8, 4) is 0 Å². The highest BCUT2D eigenvalue weighted by molar-refractivity contribution is 5.92. The highest BCUT2D eigenvalue weighted by Gasteiger charge is 2.37. The van der Waals surface area contributed by atoms with E-state index in [-0.39, 0.29) is 11.9 Å². The first-order valence-electron chi connectivity index (χ1n) is 7.51. The summed E-state index contributed by atoms with van der Waals surface area (Å²) in [5, 5.41) is 0. The zero-order chi connectivity index (χ0) is 13.9. The number of carbonyl (C=O) groups excluding carboxylic acids is 1. The third-order valence-electron chi connectivity index (χ3n) is 4.23. The van der Waals surface area contributed by atoms with Crippen molar-refractivity contribution in [3.05, 3.63) is 47.2 Å². The van der Waals surface area contributed by atoms with Crippen LogP contribution < -0.4 is 0 Å². The first kappa shape index (κ1) is 13.2. The summed E-state index contributed by atoms with van der Waals surface area (Å²) < 4.78 is 5.30. The van der Waals surface area contributed by atoms with Crippen molar-refractivity contribution in [2.75, 3.05) is 19.7 Å². The van der Waals surface area contributed by atoms with Crippen molar-refractivity contribution in [2.45, 2.75) is 32.1 Å². The number of allylic oxidation sites excluding steroid dienone is 1. The van der Waals surface area contributed by atoms with E-state index in [2.05, 4.69) is 17.0 Å². The van der Waals surface area contributed by atoms with Crippen molar-refractivity contribution < 1.29 is 9.53 Å². The second kappa shape index (κ2) is 5.70. The summed E-state index contributed by atoms with van der Waals surface area (Å²) in [6, 6.07) is 10.3. The zero-order valence-electron chi connectivity index (χ0n) is 12.0. The fraction of sp³-hybridized carbons (Fsp3) is 0.471. The molecule has 1 aromatic rings. The van der Waals surface area contributed by atoms with Gasteiger partial charge in [-0.2, -0.15) is 0 Å². The summed E-state index contributed by atoms with van der Waals surface area (Å²) in [7, 11) is 0. The van der Waals surface area contributed by atoms with Gasteiger partial charge in [0.15, 0.2) is 0 Å². The quantitative estimate of drug-likeness (QED) is 0.791. The van der Waals surface area contributed by atoms with Crippen LogP contribution >= 0.6 is 0 Å². The lowest BCUT2D eigenvalue weighted by Gasteiger charge is -2.27. The number of benzene rings is 1. The molecule has 0 saturated carbocycles. The molecule has 1 fully saturated rings. The summed E-state index contributed by atoms with van der Waals surface area (Å²) in [5.41, 5.74) is 3.35. The lowest BCUT2D eigenvalue weighted by molar-refractivity contribution is -0.138. The van der Waals surface area contributed by atoms with E-state index in [4.69, 9.17) is 4.74 Å². The van der Waals surface area contributed by atoms with E-state index in [0.717, 1.165) is 25.1 Å². The molecule has 0 amide bonds. The Kier molecular flexibility index (Phi) is 3.77. The van der Waals surface area contributed by atoms with E-state index >= 15 is 0 Å². The second-order valence-electron chi connectivity index (χ2n) is 5.45. The molecule has 20 heavy (non-hydrogen) atoms. The number of rotatable bonds is 3. The molecule has 3 nitrogen and oxygen atoms in total. The minimum absolute atomic E-state index is 0.124. The van der Waals surface area contributed by atoms with Crippen LogP contribution in [-0.2, 0) is 9.53 Å². The van der Waals surface area contributed by atoms with Crippen molar-refractivity contribution >= 4 is 5.97 Å². The predicted molar refractivity (Wildman–Crippen MR) is 78.3 cm³/mol. The SMILES string of the molecule is CCOC(=O)C1=C2CCCCN2CC1c1ccccc1. The van der Waals surface area contributed by atoms with Crippen LogP contribution in [0, 0.1) is 0 Å². The number of esters is 1. The van der Waals surface area contributed by atoms with Crippen molar-refractivity contribution in [3.63, 3.8) is 0 Å². The number of ether oxygens (including phenoxy) is 1. The molecular formula is C17H21NO2. The molecule has 2 aliphatic heterocycles. The molecule has 0 radical (unpaired) electrons. The normalized spacial score (nSPS) is 21.9. The van der Waals surface area contributed by atoms with E-state index in [1.165, 1.54) is 24.1 Å². The number of hydrogen-bond donors (Lipinski definition) is 0. The third kappa shape index (κ3) is 2.33. The fourth-order valence-electron chi connectivity index (χ4n) is 3.33. The molecule has 0 aliphatic carbocycles. The van der Waals surface area contributed by atoms with Gasteiger partial charge < -0.3 is 9.64 Å². The first-order valence-corrected chi connectivity index (χ1v) is 7.51. The van der Waals surface area contributed by atoms with Gasteiger partial charge in [0.25, 0.3) is 0 Å². The van der Waals surface area contributed by atoms with Gasteiger partial charge in [-0.25, -0.2) is 4.79 Å². The summed E-state index contributed by atoms with van der Waals surface area (Å²) in [4.78, 5) is 14.8. The van der Waals surface area contributed by atoms with Gasteiger partial charge in [-0.05, 0) is 31.7 Å². The van der Waals surface area contributed by atoms with Crippen LogP contribution in [0.5, 0.6) is 0 Å². The van der Waals surface area contributed by atoms with Crippen LogP contribution in [0.4, 0.5) is 0 Å². The summed E-state index contributed by atoms with van der Waals surface area (Å²) in [6.07, 6.45) is 3.41. The zero-order valence-corrected chi connectivity index (χ0v) is 12.0. The molecule has 2 aliphatic rings. The molecule has 0 bridgehead atoms. The van der Waals surface area contributed by atoms with Gasteiger partial charge in [-0.3, -0.25) is 0 Å². The molecule has 3 heteroatoms. The van der Waals surface area contributed by atoms with Crippen LogP contribution in [0.1, 0.15) is 37.7 Å². The maximum absolute atomic E-state index is 12.4. The predicted octanol–water partition coefficient (Wildman–Crippen LogP) is 3.09. The lowest BCUT2D eigenvalue weighted by atomic mass is 9.92. The lowest BCUT2D eigenvalue weighted by Crippen LogP contribution is -2.26. The molecule has 1 saturated heterocycles.